The van der Waals surface area contributed by atoms with Gasteiger partial charge in [0.15, 0.2) is 11.3 Å². The van der Waals surface area contributed by atoms with Gasteiger partial charge in [0.1, 0.15) is 23.5 Å². The molecule has 0 atom stereocenters. The molecule has 0 aliphatic carbocycles. The summed E-state index contributed by atoms with van der Waals surface area (Å²) in [6.45, 7) is -0.0388. The highest BCUT2D eigenvalue weighted by Crippen LogP contribution is 2.19. The van der Waals surface area contributed by atoms with Crippen LogP contribution in [0.4, 0.5) is 13.2 Å². The number of aromatic nitrogens is 3. The highest BCUT2D eigenvalue weighted by atomic mass is 19.1. The van der Waals surface area contributed by atoms with Gasteiger partial charge in [-0.3, -0.25) is 0 Å². The second kappa shape index (κ2) is 4.90. The fraction of sp³-hybridized carbons (Fsp3) is 0.0714. The zero-order valence-corrected chi connectivity index (χ0v) is 10.5. The Morgan fingerprint density at radius 1 is 1.14 bits per heavy atom. The molecule has 7 heteroatoms. The summed E-state index contributed by atoms with van der Waals surface area (Å²) in [6.07, 6.45) is 0.989. The van der Waals surface area contributed by atoms with Crippen molar-refractivity contribution in [3.8, 4) is 6.07 Å². The lowest BCUT2D eigenvalue weighted by molar-refractivity contribution is 0.560. The first-order chi connectivity index (χ1) is 10.1. The number of benzene rings is 1. The summed E-state index contributed by atoms with van der Waals surface area (Å²) in [5.74, 6) is -2.00. The first-order valence-corrected chi connectivity index (χ1v) is 5.94. The molecule has 21 heavy (non-hydrogen) atoms. The van der Waals surface area contributed by atoms with E-state index in [2.05, 4.69) is 10.1 Å². The molecule has 2 aromatic heterocycles. The van der Waals surface area contributed by atoms with Gasteiger partial charge in [-0.05, 0) is 12.1 Å². The van der Waals surface area contributed by atoms with Crippen molar-refractivity contribution in [2.24, 2.45) is 0 Å². The van der Waals surface area contributed by atoms with Crippen molar-refractivity contribution in [3.63, 3.8) is 0 Å². The Balaban J connectivity index is 2.11. The molecule has 2 heterocycles. The fourth-order valence-electron chi connectivity index (χ4n) is 2.04. The predicted octanol–water partition coefficient (Wildman–Crippen LogP) is 2.77. The van der Waals surface area contributed by atoms with Gasteiger partial charge in [0.2, 0.25) is 0 Å². The summed E-state index contributed by atoms with van der Waals surface area (Å²) in [5, 5.41) is 13.2. The second-order valence-corrected chi connectivity index (χ2v) is 4.38. The average molecular weight is 288 g/mol. The minimum Gasteiger partial charge on any atom is -0.241 e. The topological polar surface area (TPSA) is 54.5 Å². The molecule has 0 amide bonds. The number of hydrogen-bond acceptors (Lipinski definition) is 3. The Bertz CT molecular complexity index is 880. The van der Waals surface area contributed by atoms with Crippen molar-refractivity contribution in [2.75, 3.05) is 0 Å². The van der Waals surface area contributed by atoms with Gasteiger partial charge in [0, 0.05) is 11.6 Å². The quantitative estimate of drug-likeness (QED) is 0.728. The van der Waals surface area contributed by atoms with E-state index in [-0.39, 0.29) is 28.8 Å². The Morgan fingerprint density at radius 3 is 2.67 bits per heavy atom. The van der Waals surface area contributed by atoms with Crippen molar-refractivity contribution in [1.29, 1.82) is 5.26 Å². The van der Waals surface area contributed by atoms with Gasteiger partial charge in [-0.25, -0.2) is 22.8 Å². The van der Waals surface area contributed by atoms with E-state index in [1.165, 1.54) is 10.7 Å². The summed E-state index contributed by atoms with van der Waals surface area (Å²) in [7, 11) is 0. The van der Waals surface area contributed by atoms with Crippen LogP contribution in [0.5, 0.6) is 0 Å². The van der Waals surface area contributed by atoms with E-state index in [1.54, 1.807) is 0 Å². The number of pyridine rings is 1. The molecule has 0 N–H and O–H groups in total. The molecule has 3 aromatic rings. The van der Waals surface area contributed by atoms with E-state index < -0.39 is 17.5 Å². The van der Waals surface area contributed by atoms with Crippen molar-refractivity contribution in [3.05, 3.63) is 59.2 Å². The molecule has 4 nitrogen and oxygen atoms in total. The van der Waals surface area contributed by atoms with Gasteiger partial charge < -0.3 is 0 Å². The van der Waals surface area contributed by atoms with Gasteiger partial charge >= 0.3 is 0 Å². The van der Waals surface area contributed by atoms with Gasteiger partial charge in [-0.2, -0.15) is 10.4 Å². The van der Waals surface area contributed by atoms with Crippen LogP contribution in [0.2, 0.25) is 0 Å². The minimum absolute atomic E-state index is 0.000445. The third kappa shape index (κ3) is 2.31. The third-order valence-corrected chi connectivity index (χ3v) is 2.99. The van der Waals surface area contributed by atoms with E-state index >= 15 is 0 Å². The van der Waals surface area contributed by atoms with Crippen LogP contribution in [0, 0.1) is 28.8 Å². The van der Waals surface area contributed by atoms with E-state index in [1.807, 2.05) is 6.07 Å². The van der Waals surface area contributed by atoms with Crippen LogP contribution in [0.1, 0.15) is 11.3 Å². The fourth-order valence-corrected chi connectivity index (χ4v) is 2.04. The summed E-state index contributed by atoms with van der Waals surface area (Å²) in [6, 6.07) is 6.16. The molecular weight excluding hydrogens is 281 g/mol. The molecule has 3 rings (SSSR count). The normalized spacial score (nSPS) is 10.8. The van der Waals surface area contributed by atoms with Crippen LogP contribution >= 0.6 is 0 Å². The molecule has 0 aliphatic rings. The first-order valence-electron chi connectivity index (χ1n) is 5.94. The summed E-state index contributed by atoms with van der Waals surface area (Å²) < 4.78 is 41.0. The Labute approximate surface area is 117 Å². The average Bonchev–Trinajstić information content (AvgIpc) is 2.79. The number of hydrogen-bond donors (Lipinski definition) is 0. The zero-order valence-electron chi connectivity index (χ0n) is 10.5. The van der Waals surface area contributed by atoms with Crippen LogP contribution in [-0.2, 0) is 6.54 Å². The highest BCUT2D eigenvalue weighted by Gasteiger charge is 2.14. The lowest BCUT2D eigenvalue weighted by Gasteiger charge is -2.04. The molecule has 0 radical (unpaired) electrons. The molecule has 0 bridgehead atoms. The molecule has 1 aromatic carbocycles. The van der Waals surface area contributed by atoms with Crippen LogP contribution in [0.15, 0.2) is 30.5 Å². The van der Waals surface area contributed by atoms with E-state index in [0.29, 0.717) is 0 Å². The third-order valence-electron chi connectivity index (χ3n) is 2.99. The highest BCUT2D eigenvalue weighted by molar-refractivity contribution is 5.80. The van der Waals surface area contributed by atoms with Crippen molar-refractivity contribution in [1.82, 2.24) is 14.8 Å². The van der Waals surface area contributed by atoms with Gasteiger partial charge in [0.25, 0.3) is 0 Å². The van der Waals surface area contributed by atoms with Gasteiger partial charge in [-0.15, -0.1) is 0 Å². The molecule has 0 unspecified atom stereocenters. The summed E-state index contributed by atoms with van der Waals surface area (Å²) in [5.41, 5.74) is 0.451. The number of rotatable bonds is 2. The molecule has 104 valence electrons. The largest absolute Gasteiger partial charge is 0.241 e. The smallest absolute Gasteiger partial charge is 0.172 e. The maximum Gasteiger partial charge on any atom is 0.172 e. The molecule has 0 saturated heterocycles. The summed E-state index contributed by atoms with van der Waals surface area (Å²) in [4.78, 5) is 3.87. The molecular formula is C14H7F3N4. The predicted molar refractivity (Wildman–Crippen MR) is 67.7 cm³/mol. The molecule has 0 fully saturated rings. The summed E-state index contributed by atoms with van der Waals surface area (Å²) >= 11 is 0. The monoisotopic (exact) mass is 288 g/mol. The van der Waals surface area contributed by atoms with Crippen molar-refractivity contribution < 1.29 is 13.2 Å². The van der Waals surface area contributed by atoms with E-state index in [0.717, 1.165) is 24.4 Å². The maximum absolute atomic E-state index is 13.7. The second-order valence-electron chi connectivity index (χ2n) is 4.38. The Kier molecular flexibility index (Phi) is 3.06. The molecule has 0 aliphatic heterocycles. The maximum atomic E-state index is 13.7. The van der Waals surface area contributed by atoms with Gasteiger partial charge in [0.05, 0.1) is 18.1 Å². The number of fused-ring (bicyclic) bond motifs is 1. The number of nitriles is 1. The lowest BCUT2D eigenvalue weighted by atomic mass is 10.2. The van der Waals surface area contributed by atoms with Crippen molar-refractivity contribution in [2.45, 2.75) is 6.54 Å². The van der Waals surface area contributed by atoms with E-state index in [9.17, 15) is 13.2 Å². The number of halogens is 3. The van der Waals surface area contributed by atoms with Crippen LogP contribution in [0.3, 0.4) is 0 Å². The molecule has 0 saturated carbocycles. The Hall–Kier alpha value is -2.88. The zero-order chi connectivity index (χ0) is 15.0. The SMILES string of the molecule is N#Cc1nn(Cc2ccc(F)cc2F)c2ncc(F)cc12. The van der Waals surface area contributed by atoms with Crippen LogP contribution in [0.25, 0.3) is 11.0 Å². The van der Waals surface area contributed by atoms with Crippen LogP contribution < -0.4 is 0 Å². The lowest BCUT2D eigenvalue weighted by Crippen LogP contribution is -2.05. The standard InChI is InChI=1S/C14H7F3N4/c15-9-2-1-8(12(17)4-9)7-21-14-11(13(5-18)20-21)3-10(16)6-19-14/h1-4,6H,7H2. The van der Waals surface area contributed by atoms with Crippen LogP contribution in [-0.4, -0.2) is 14.8 Å². The number of nitrogens with zero attached hydrogens (tertiary/aromatic N) is 4. The van der Waals surface area contributed by atoms with E-state index in [4.69, 9.17) is 5.26 Å². The minimum atomic E-state index is -0.723. The van der Waals surface area contributed by atoms with Gasteiger partial charge in [-0.1, -0.05) is 6.07 Å². The molecule has 0 spiro atoms. The first kappa shape index (κ1) is 13.1. The van der Waals surface area contributed by atoms with Crippen molar-refractivity contribution >= 4 is 11.0 Å². The Morgan fingerprint density at radius 2 is 1.95 bits per heavy atom.